The van der Waals surface area contributed by atoms with Gasteiger partial charge in [0.25, 0.3) is 0 Å². The van der Waals surface area contributed by atoms with Crippen LogP contribution in [0.5, 0.6) is 0 Å². The van der Waals surface area contributed by atoms with Crippen molar-refractivity contribution in [3.8, 4) is 0 Å². The molecule has 0 saturated carbocycles. The second kappa shape index (κ2) is 5.29. The molecule has 0 bridgehead atoms. The van der Waals surface area contributed by atoms with E-state index < -0.39 is 0 Å². The standard InChI is InChI=1S/C2H6N4S/c3-5-1-7-2-6-4/h1-2H,3-4H2. The third kappa shape index (κ3) is 5.29. The van der Waals surface area contributed by atoms with Gasteiger partial charge in [0.05, 0.1) is 11.1 Å². The zero-order valence-electron chi connectivity index (χ0n) is 3.61. The van der Waals surface area contributed by atoms with Gasteiger partial charge in [0.2, 0.25) is 0 Å². The van der Waals surface area contributed by atoms with E-state index in [1.54, 1.807) is 0 Å². The fourth-order valence-corrected chi connectivity index (χ4v) is 0.292. The largest absolute Gasteiger partial charge is 0.323 e. The molecule has 0 heterocycles. The summed E-state index contributed by atoms with van der Waals surface area (Å²) in [6, 6.07) is 0. The lowest BCUT2D eigenvalue weighted by Gasteiger charge is -1.72. The van der Waals surface area contributed by atoms with E-state index in [1.807, 2.05) is 0 Å². The van der Waals surface area contributed by atoms with Crippen LogP contribution in [0.1, 0.15) is 0 Å². The molecule has 5 heteroatoms. The van der Waals surface area contributed by atoms with Crippen LogP contribution >= 0.6 is 11.8 Å². The van der Waals surface area contributed by atoms with Crippen LogP contribution in [-0.4, -0.2) is 11.1 Å². The molecule has 4 nitrogen and oxygen atoms in total. The summed E-state index contributed by atoms with van der Waals surface area (Å²) in [7, 11) is 0. The molecule has 0 atom stereocenters. The van der Waals surface area contributed by atoms with Crippen molar-refractivity contribution in [2.45, 2.75) is 0 Å². The Balaban J connectivity index is 2.98. The summed E-state index contributed by atoms with van der Waals surface area (Å²) in [5.41, 5.74) is 2.85. The van der Waals surface area contributed by atoms with Gasteiger partial charge in [0.1, 0.15) is 0 Å². The lowest BCUT2D eigenvalue weighted by Crippen LogP contribution is -1.80. The minimum absolute atomic E-state index is 1.22. The zero-order chi connectivity index (χ0) is 5.54. The Bertz CT molecular complexity index is 67.8. The molecule has 0 aromatic carbocycles. The van der Waals surface area contributed by atoms with Gasteiger partial charge in [-0.2, -0.15) is 10.2 Å². The highest BCUT2D eigenvalue weighted by atomic mass is 32.2. The van der Waals surface area contributed by atoms with Gasteiger partial charge in [-0.15, -0.1) is 0 Å². The van der Waals surface area contributed by atoms with E-state index in [0.29, 0.717) is 0 Å². The van der Waals surface area contributed by atoms with Gasteiger partial charge < -0.3 is 11.7 Å². The summed E-state index contributed by atoms with van der Waals surface area (Å²) in [4.78, 5) is 0. The molecular weight excluding hydrogens is 112 g/mol. The summed E-state index contributed by atoms with van der Waals surface area (Å²) < 4.78 is 0. The fraction of sp³-hybridized carbons (Fsp3) is 0. The zero-order valence-corrected chi connectivity index (χ0v) is 4.43. The Morgan fingerprint density at radius 3 is 1.86 bits per heavy atom. The van der Waals surface area contributed by atoms with E-state index in [4.69, 9.17) is 11.7 Å². The van der Waals surface area contributed by atoms with Crippen molar-refractivity contribution in [1.29, 1.82) is 0 Å². The highest BCUT2D eigenvalue weighted by Crippen LogP contribution is 1.82. The minimum Gasteiger partial charge on any atom is -0.323 e. The molecule has 0 amide bonds. The number of nitrogens with two attached hydrogens (primary N) is 2. The van der Waals surface area contributed by atoms with Gasteiger partial charge in [0, 0.05) is 0 Å². The summed E-state index contributed by atoms with van der Waals surface area (Å²) in [6.07, 6.45) is 0. The van der Waals surface area contributed by atoms with Crippen LogP contribution in [0.15, 0.2) is 10.2 Å². The van der Waals surface area contributed by atoms with Crippen molar-refractivity contribution < 1.29 is 0 Å². The summed E-state index contributed by atoms with van der Waals surface area (Å²) in [6.45, 7) is 0. The van der Waals surface area contributed by atoms with Gasteiger partial charge in [-0.3, -0.25) is 0 Å². The molecule has 0 unspecified atom stereocenters. The Hall–Kier alpha value is -0.710. The molecule has 0 saturated heterocycles. The summed E-state index contributed by atoms with van der Waals surface area (Å²) in [5.74, 6) is 9.43. The highest BCUT2D eigenvalue weighted by Gasteiger charge is 1.64. The number of rotatable bonds is 2. The first-order valence-electron chi connectivity index (χ1n) is 1.50. The number of thioether (sulfide) groups is 1. The quantitative estimate of drug-likeness (QED) is 0.222. The van der Waals surface area contributed by atoms with Crippen molar-refractivity contribution in [2.75, 3.05) is 0 Å². The molecule has 0 fully saturated rings. The van der Waals surface area contributed by atoms with Crippen molar-refractivity contribution in [3.05, 3.63) is 0 Å². The van der Waals surface area contributed by atoms with E-state index in [0.717, 1.165) is 0 Å². The van der Waals surface area contributed by atoms with E-state index in [1.165, 1.54) is 22.9 Å². The predicted molar refractivity (Wildman–Crippen MR) is 32.9 cm³/mol. The van der Waals surface area contributed by atoms with Crippen molar-refractivity contribution in [1.82, 2.24) is 0 Å². The van der Waals surface area contributed by atoms with Crippen LogP contribution in [0.3, 0.4) is 0 Å². The Labute approximate surface area is 45.6 Å². The van der Waals surface area contributed by atoms with Gasteiger partial charge in [-0.05, 0) is 0 Å². The van der Waals surface area contributed by atoms with E-state index in [-0.39, 0.29) is 0 Å². The molecule has 4 N–H and O–H groups in total. The lowest BCUT2D eigenvalue weighted by atomic mass is 11.7. The van der Waals surface area contributed by atoms with Crippen molar-refractivity contribution in [3.63, 3.8) is 0 Å². The van der Waals surface area contributed by atoms with Crippen molar-refractivity contribution in [2.24, 2.45) is 21.9 Å². The molecule has 0 rings (SSSR count). The van der Waals surface area contributed by atoms with Gasteiger partial charge in [-0.1, -0.05) is 11.8 Å². The Kier molecular flexibility index (Phi) is 4.75. The maximum absolute atomic E-state index is 4.72. The second-order valence-electron chi connectivity index (χ2n) is 0.645. The molecule has 7 heavy (non-hydrogen) atoms. The molecule has 0 aromatic rings. The Morgan fingerprint density at radius 2 is 1.57 bits per heavy atom. The maximum Gasteiger partial charge on any atom is 0.0852 e. The average Bonchev–Trinajstić information content (AvgIpc) is 1.69. The number of hydrogen-bond acceptors (Lipinski definition) is 5. The van der Waals surface area contributed by atoms with Crippen LogP contribution < -0.4 is 11.7 Å². The highest BCUT2D eigenvalue weighted by molar-refractivity contribution is 8.23. The molecular formula is C2H6N4S. The number of hydrogen-bond donors (Lipinski definition) is 2. The topological polar surface area (TPSA) is 76.8 Å². The third-order valence-electron chi connectivity index (χ3n) is 0.243. The first-order valence-corrected chi connectivity index (χ1v) is 2.45. The molecule has 0 aromatic heterocycles. The number of hydrazone groups is 2. The SMILES string of the molecule is NN=CSC=NN. The smallest absolute Gasteiger partial charge is 0.0852 e. The van der Waals surface area contributed by atoms with Crippen LogP contribution in [0.2, 0.25) is 0 Å². The molecule has 0 spiro atoms. The lowest BCUT2D eigenvalue weighted by molar-refractivity contribution is 1.27. The van der Waals surface area contributed by atoms with Gasteiger partial charge in [0.15, 0.2) is 0 Å². The molecule has 0 radical (unpaired) electrons. The summed E-state index contributed by atoms with van der Waals surface area (Å²) in [5, 5.41) is 6.33. The third-order valence-corrected chi connectivity index (χ3v) is 0.730. The van der Waals surface area contributed by atoms with Gasteiger partial charge in [-0.25, -0.2) is 0 Å². The predicted octanol–water partition coefficient (Wildman–Crippen LogP) is -0.476. The maximum atomic E-state index is 4.72. The summed E-state index contributed by atoms with van der Waals surface area (Å²) >= 11 is 1.22. The molecule has 40 valence electrons. The monoisotopic (exact) mass is 118 g/mol. The Morgan fingerprint density at radius 1 is 1.14 bits per heavy atom. The van der Waals surface area contributed by atoms with Gasteiger partial charge >= 0.3 is 0 Å². The van der Waals surface area contributed by atoms with Crippen LogP contribution in [0, 0.1) is 0 Å². The average molecular weight is 118 g/mol. The molecule has 0 aliphatic heterocycles. The second-order valence-corrected chi connectivity index (χ2v) is 1.34. The first kappa shape index (κ1) is 6.29. The molecule has 0 aliphatic carbocycles. The first-order chi connectivity index (χ1) is 3.41. The van der Waals surface area contributed by atoms with Crippen molar-refractivity contribution >= 4 is 22.9 Å². The number of nitrogens with zero attached hydrogens (tertiary/aromatic N) is 2. The van der Waals surface area contributed by atoms with Crippen LogP contribution in [0.25, 0.3) is 0 Å². The van der Waals surface area contributed by atoms with Crippen LogP contribution in [0.4, 0.5) is 0 Å². The fourth-order valence-electron chi connectivity index (χ4n) is 0.0975. The van der Waals surface area contributed by atoms with E-state index >= 15 is 0 Å². The van der Waals surface area contributed by atoms with E-state index in [2.05, 4.69) is 10.2 Å². The van der Waals surface area contributed by atoms with Crippen LogP contribution in [-0.2, 0) is 0 Å². The van der Waals surface area contributed by atoms with E-state index in [9.17, 15) is 0 Å². The molecule has 0 aliphatic rings. The minimum atomic E-state index is 1.22. The normalized spacial score (nSPS) is 11.4.